The Labute approximate surface area is 186 Å². The molecule has 8 nitrogen and oxygen atoms in total. The van der Waals surface area contributed by atoms with Crippen molar-refractivity contribution in [3.8, 4) is 11.3 Å². The first-order valence-electron chi connectivity index (χ1n) is 10.3. The predicted octanol–water partition coefficient (Wildman–Crippen LogP) is 3.07. The van der Waals surface area contributed by atoms with E-state index in [1.165, 1.54) is 15.4 Å². The fraction of sp³-hybridized carbons (Fsp3) is 0.476. The van der Waals surface area contributed by atoms with E-state index in [1.807, 2.05) is 24.6 Å². The first-order chi connectivity index (χ1) is 14.6. The van der Waals surface area contributed by atoms with E-state index in [4.69, 9.17) is 4.98 Å². The van der Waals surface area contributed by atoms with Crippen LogP contribution in [0.15, 0.2) is 18.3 Å². The van der Waals surface area contributed by atoms with Gasteiger partial charge in [-0.05, 0) is 39.8 Å². The third-order valence-electron chi connectivity index (χ3n) is 5.60. The number of aryl methyl sites for hydroxylation is 2. The van der Waals surface area contributed by atoms with Crippen molar-refractivity contribution in [2.75, 3.05) is 32.4 Å². The zero-order chi connectivity index (χ0) is 22.5. The maximum absolute atomic E-state index is 13.5. The van der Waals surface area contributed by atoms with Gasteiger partial charge in [-0.3, -0.25) is 4.79 Å². The molecule has 0 saturated carbocycles. The van der Waals surface area contributed by atoms with Gasteiger partial charge in [-0.1, -0.05) is 0 Å². The fourth-order valence-corrected chi connectivity index (χ4v) is 5.75. The zero-order valence-electron chi connectivity index (χ0n) is 18.4. The summed E-state index contributed by atoms with van der Waals surface area (Å²) in [6.07, 6.45) is 2.91. The summed E-state index contributed by atoms with van der Waals surface area (Å²) < 4.78 is 26.9. The van der Waals surface area contributed by atoms with Crippen LogP contribution < -0.4 is 0 Å². The highest BCUT2D eigenvalue weighted by molar-refractivity contribution is 7.88. The van der Waals surface area contributed by atoms with Gasteiger partial charge in [0.1, 0.15) is 0 Å². The molecule has 1 saturated heterocycles. The molecule has 0 bridgehead atoms. The molecule has 3 aromatic rings. The molecular weight excluding hydrogens is 434 g/mol. The van der Waals surface area contributed by atoms with Crippen molar-refractivity contribution in [1.29, 1.82) is 0 Å². The molecule has 10 heteroatoms. The minimum atomic E-state index is -3.25. The number of aromatic nitrogens is 3. The van der Waals surface area contributed by atoms with Gasteiger partial charge < -0.3 is 4.90 Å². The SMILES string of the molecule is Cc1cc(-c2cc(C(=O)N3CCN(S(C)(=O)=O)CC3)c3cnn(C(C)C)c3n2)c(C)s1. The standard InChI is InChI=1S/C21H27N5O3S2/c1-13(2)26-20-18(12-22-26)17(11-19(23-20)16-10-14(3)30-15(16)4)21(27)24-6-8-25(9-7-24)31(5,28)29/h10-13H,6-9H2,1-5H3. The van der Waals surface area contributed by atoms with Crippen LogP contribution in [0.4, 0.5) is 0 Å². The molecular formula is C21H27N5O3S2. The first-order valence-corrected chi connectivity index (χ1v) is 12.9. The third-order valence-corrected chi connectivity index (χ3v) is 7.87. The van der Waals surface area contributed by atoms with Crippen LogP contribution in [0.25, 0.3) is 22.3 Å². The smallest absolute Gasteiger partial charge is 0.254 e. The van der Waals surface area contributed by atoms with E-state index >= 15 is 0 Å². The number of sulfonamides is 1. The highest BCUT2D eigenvalue weighted by Crippen LogP contribution is 2.33. The lowest BCUT2D eigenvalue weighted by Crippen LogP contribution is -2.50. The Morgan fingerprint density at radius 3 is 2.35 bits per heavy atom. The van der Waals surface area contributed by atoms with Gasteiger partial charge in [0.25, 0.3) is 5.91 Å². The van der Waals surface area contributed by atoms with E-state index in [0.717, 1.165) is 21.5 Å². The van der Waals surface area contributed by atoms with E-state index in [9.17, 15) is 13.2 Å². The van der Waals surface area contributed by atoms with E-state index in [2.05, 4.69) is 25.0 Å². The molecule has 0 unspecified atom stereocenters. The number of carbonyl (C=O) groups excluding carboxylic acids is 1. The second kappa shape index (κ2) is 7.99. The number of carbonyl (C=O) groups is 1. The molecule has 166 valence electrons. The molecule has 1 aliphatic heterocycles. The minimum Gasteiger partial charge on any atom is -0.336 e. The minimum absolute atomic E-state index is 0.104. The number of hydrogen-bond acceptors (Lipinski definition) is 6. The predicted molar refractivity (Wildman–Crippen MR) is 123 cm³/mol. The van der Waals surface area contributed by atoms with Gasteiger partial charge in [0.15, 0.2) is 5.65 Å². The maximum atomic E-state index is 13.5. The van der Waals surface area contributed by atoms with Crippen LogP contribution in [0, 0.1) is 13.8 Å². The normalized spacial score (nSPS) is 15.9. The quantitative estimate of drug-likeness (QED) is 0.596. The zero-order valence-corrected chi connectivity index (χ0v) is 20.0. The Bertz CT molecular complexity index is 1250. The number of hydrogen-bond donors (Lipinski definition) is 0. The highest BCUT2D eigenvalue weighted by Gasteiger charge is 2.29. The Morgan fingerprint density at radius 1 is 1.13 bits per heavy atom. The summed E-state index contributed by atoms with van der Waals surface area (Å²) in [7, 11) is -3.25. The Balaban J connectivity index is 1.78. The molecule has 0 aromatic carbocycles. The van der Waals surface area contributed by atoms with E-state index in [-0.39, 0.29) is 11.9 Å². The van der Waals surface area contributed by atoms with Crippen LogP contribution >= 0.6 is 11.3 Å². The lowest BCUT2D eigenvalue weighted by Gasteiger charge is -2.33. The Hall–Kier alpha value is -2.30. The van der Waals surface area contributed by atoms with E-state index in [1.54, 1.807) is 22.4 Å². The number of fused-ring (bicyclic) bond motifs is 1. The van der Waals surface area contributed by atoms with Crippen LogP contribution in [0.2, 0.25) is 0 Å². The van der Waals surface area contributed by atoms with Gasteiger partial charge in [-0.15, -0.1) is 11.3 Å². The lowest BCUT2D eigenvalue weighted by molar-refractivity contribution is 0.0700. The largest absolute Gasteiger partial charge is 0.336 e. The summed E-state index contributed by atoms with van der Waals surface area (Å²) in [6, 6.07) is 4.06. The molecule has 0 spiro atoms. The summed E-state index contributed by atoms with van der Waals surface area (Å²) in [5.41, 5.74) is 3.03. The van der Waals surface area contributed by atoms with E-state index < -0.39 is 10.0 Å². The molecule has 0 aliphatic carbocycles. The molecule has 0 N–H and O–H groups in total. The van der Waals surface area contributed by atoms with Gasteiger partial charge in [0.2, 0.25) is 10.0 Å². The van der Waals surface area contributed by atoms with Gasteiger partial charge in [-0.25, -0.2) is 18.1 Å². The van der Waals surface area contributed by atoms with Gasteiger partial charge in [-0.2, -0.15) is 9.40 Å². The molecule has 1 aliphatic rings. The van der Waals surface area contributed by atoms with Crippen molar-refractivity contribution in [3.63, 3.8) is 0 Å². The Kier molecular flexibility index (Phi) is 5.65. The third kappa shape index (κ3) is 4.11. The second-order valence-corrected chi connectivity index (χ2v) is 11.7. The molecule has 3 aromatic heterocycles. The lowest BCUT2D eigenvalue weighted by atomic mass is 10.1. The molecule has 0 radical (unpaired) electrons. The van der Waals surface area contributed by atoms with Crippen LogP contribution in [-0.4, -0.2) is 70.7 Å². The Morgan fingerprint density at radius 2 is 1.81 bits per heavy atom. The van der Waals surface area contributed by atoms with Crippen LogP contribution in [-0.2, 0) is 10.0 Å². The number of pyridine rings is 1. The fourth-order valence-electron chi connectivity index (χ4n) is 3.99. The summed E-state index contributed by atoms with van der Waals surface area (Å²) in [6.45, 7) is 9.52. The number of nitrogens with zero attached hydrogens (tertiary/aromatic N) is 5. The van der Waals surface area contributed by atoms with Gasteiger partial charge in [0.05, 0.1) is 29.1 Å². The van der Waals surface area contributed by atoms with Crippen molar-refractivity contribution >= 4 is 38.3 Å². The number of amides is 1. The highest BCUT2D eigenvalue weighted by atomic mass is 32.2. The van der Waals surface area contributed by atoms with E-state index in [0.29, 0.717) is 37.4 Å². The summed E-state index contributed by atoms with van der Waals surface area (Å²) in [5.74, 6) is -0.116. The number of rotatable bonds is 4. The van der Waals surface area contributed by atoms with Gasteiger partial charge in [0, 0.05) is 47.5 Å². The topological polar surface area (TPSA) is 88.4 Å². The molecule has 4 heterocycles. The number of piperazine rings is 1. The summed E-state index contributed by atoms with van der Waals surface area (Å²) >= 11 is 1.71. The second-order valence-electron chi connectivity index (χ2n) is 8.26. The molecule has 1 fully saturated rings. The molecule has 31 heavy (non-hydrogen) atoms. The maximum Gasteiger partial charge on any atom is 0.254 e. The van der Waals surface area contributed by atoms with Crippen molar-refractivity contribution < 1.29 is 13.2 Å². The van der Waals surface area contributed by atoms with Crippen molar-refractivity contribution in [1.82, 2.24) is 24.0 Å². The first kappa shape index (κ1) is 21.9. The monoisotopic (exact) mass is 461 g/mol. The summed E-state index contributed by atoms with van der Waals surface area (Å²) in [5, 5.41) is 5.21. The summed E-state index contributed by atoms with van der Waals surface area (Å²) in [4.78, 5) is 22.5. The molecule has 1 amide bonds. The van der Waals surface area contributed by atoms with Crippen LogP contribution in [0.3, 0.4) is 0 Å². The number of thiophene rings is 1. The average Bonchev–Trinajstić information content (AvgIpc) is 3.28. The van der Waals surface area contributed by atoms with Crippen LogP contribution in [0.1, 0.15) is 40.0 Å². The van der Waals surface area contributed by atoms with Crippen molar-refractivity contribution in [3.05, 3.63) is 33.6 Å². The molecule has 0 atom stereocenters. The average molecular weight is 462 g/mol. The van der Waals surface area contributed by atoms with Crippen molar-refractivity contribution in [2.45, 2.75) is 33.7 Å². The van der Waals surface area contributed by atoms with Gasteiger partial charge >= 0.3 is 0 Å². The molecule has 4 rings (SSSR count). The van der Waals surface area contributed by atoms with Crippen LogP contribution in [0.5, 0.6) is 0 Å². The van der Waals surface area contributed by atoms with Crippen molar-refractivity contribution in [2.24, 2.45) is 0 Å².